The number of aromatic nitrogens is 2. The van der Waals surface area contributed by atoms with Crippen LogP contribution in [0.15, 0.2) is 39.5 Å². The Bertz CT molecular complexity index is 578. The van der Waals surface area contributed by atoms with Crippen molar-refractivity contribution >= 4 is 37.6 Å². The second kappa shape index (κ2) is 5.80. The van der Waals surface area contributed by atoms with Crippen molar-refractivity contribution in [2.75, 3.05) is 0 Å². The van der Waals surface area contributed by atoms with Gasteiger partial charge in [-0.05, 0) is 24.6 Å². The van der Waals surface area contributed by atoms with Crippen LogP contribution in [0.4, 0.5) is 0 Å². The molecule has 5 heteroatoms. The Labute approximate surface area is 122 Å². The summed E-state index contributed by atoms with van der Waals surface area (Å²) in [5, 5.41) is 0. The number of rotatable bonds is 4. The number of halogens is 2. The fraction of sp³-hybridized carbons (Fsp3) is 0.231. The molecule has 1 aromatic carbocycles. The van der Waals surface area contributed by atoms with Gasteiger partial charge in [-0.25, -0.2) is 4.98 Å². The minimum absolute atomic E-state index is 0.0679. The van der Waals surface area contributed by atoms with E-state index in [1.54, 1.807) is 12.3 Å². The summed E-state index contributed by atoms with van der Waals surface area (Å²) in [6.45, 7) is 2.87. The maximum atomic E-state index is 12.4. The Kier molecular flexibility index (Phi) is 4.35. The first kappa shape index (κ1) is 13.5. The van der Waals surface area contributed by atoms with Gasteiger partial charge in [0.2, 0.25) is 5.78 Å². The molecule has 2 rings (SSSR count). The highest BCUT2D eigenvalue weighted by Gasteiger charge is 2.17. The molecule has 0 unspecified atom stereocenters. The fourth-order valence-corrected chi connectivity index (χ4v) is 2.52. The second-order valence-electron chi connectivity index (χ2n) is 3.90. The summed E-state index contributed by atoms with van der Waals surface area (Å²) >= 11 is 6.78. The number of ketones is 1. The molecular weight excluding hydrogens is 360 g/mol. The van der Waals surface area contributed by atoms with Crippen molar-refractivity contribution in [2.45, 2.75) is 19.9 Å². The minimum atomic E-state index is -0.0679. The van der Waals surface area contributed by atoms with E-state index in [1.807, 2.05) is 22.9 Å². The van der Waals surface area contributed by atoms with Gasteiger partial charge in [-0.3, -0.25) is 4.79 Å². The van der Waals surface area contributed by atoms with Crippen molar-refractivity contribution < 1.29 is 4.79 Å². The molecule has 0 aliphatic rings. The summed E-state index contributed by atoms with van der Waals surface area (Å²) in [5.41, 5.74) is 0.618. The molecule has 0 aliphatic carbocycles. The molecule has 18 heavy (non-hydrogen) atoms. The van der Waals surface area contributed by atoms with Crippen molar-refractivity contribution in [3.8, 4) is 0 Å². The van der Waals surface area contributed by atoms with Crippen LogP contribution in [-0.2, 0) is 6.54 Å². The average molecular weight is 372 g/mol. The Hall–Kier alpha value is -0.940. The number of nitrogens with zero attached hydrogens (tertiary/aromatic N) is 2. The Morgan fingerprint density at radius 1 is 1.39 bits per heavy atom. The number of benzene rings is 1. The third-order valence-electron chi connectivity index (χ3n) is 2.56. The standard InChI is InChI=1S/C13H12Br2N2O/c1-2-6-17-7-5-16-13(17)12(18)10-8-9(14)3-4-11(10)15/h3-5,7-8H,2,6H2,1H3. The lowest BCUT2D eigenvalue weighted by Gasteiger charge is -2.07. The van der Waals surface area contributed by atoms with E-state index >= 15 is 0 Å². The summed E-state index contributed by atoms with van der Waals surface area (Å²) < 4.78 is 3.54. The van der Waals surface area contributed by atoms with Gasteiger partial charge in [0.15, 0.2) is 5.82 Å². The van der Waals surface area contributed by atoms with Crippen LogP contribution in [0.25, 0.3) is 0 Å². The van der Waals surface area contributed by atoms with Crippen molar-refractivity contribution in [2.24, 2.45) is 0 Å². The van der Waals surface area contributed by atoms with Crippen LogP contribution >= 0.6 is 31.9 Å². The molecule has 3 nitrogen and oxygen atoms in total. The molecule has 0 spiro atoms. The minimum Gasteiger partial charge on any atom is -0.328 e. The molecule has 94 valence electrons. The lowest BCUT2D eigenvalue weighted by molar-refractivity contribution is 0.102. The normalized spacial score (nSPS) is 10.6. The van der Waals surface area contributed by atoms with Crippen molar-refractivity contribution in [3.63, 3.8) is 0 Å². The van der Waals surface area contributed by atoms with Crippen LogP contribution in [-0.4, -0.2) is 15.3 Å². The molecule has 0 saturated heterocycles. The molecule has 1 heterocycles. The number of carbonyl (C=O) groups excluding carboxylic acids is 1. The lowest BCUT2D eigenvalue weighted by atomic mass is 10.1. The molecule has 0 amide bonds. The third-order valence-corrected chi connectivity index (χ3v) is 3.74. The van der Waals surface area contributed by atoms with E-state index in [2.05, 4.69) is 43.8 Å². The molecule has 0 N–H and O–H groups in total. The first-order chi connectivity index (χ1) is 8.63. The Morgan fingerprint density at radius 3 is 2.89 bits per heavy atom. The topological polar surface area (TPSA) is 34.9 Å². The molecule has 0 saturated carbocycles. The van der Waals surface area contributed by atoms with E-state index in [4.69, 9.17) is 0 Å². The molecule has 0 radical (unpaired) electrons. The summed E-state index contributed by atoms with van der Waals surface area (Å²) in [4.78, 5) is 16.6. The molecule has 0 aliphatic heterocycles. The van der Waals surface area contributed by atoms with Gasteiger partial charge in [-0.15, -0.1) is 0 Å². The first-order valence-electron chi connectivity index (χ1n) is 5.64. The summed E-state index contributed by atoms with van der Waals surface area (Å²) in [6.07, 6.45) is 4.47. The van der Waals surface area contributed by atoms with E-state index in [-0.39, 0.29) is 5.78 Å². The van der Waals surface area contributed by atoms with Gasteiger partial charge in [0.1, 0.15) is 0 Å². The molecule has 0 bridgehead atoms. The zero-order valence-corrected chi connectivity index (χ0v) is 13.0. The Morgan fingerprint density at radius 2 is 2.17 bits per heavy atom. The number of hydrogen-bond acceptors (Lipinski definition) is 2. The SMILES string of the molecule is CCCn1ccnc1C(=O)c1cc(Br)ccc1Br. The smallest absolute Gasteiger partial charge is 0.229 e. The van der Waals surface area contributed by atoms with E-state index in [1.165, 1.54) is 0 Å². The molecule has 1 aromatic heterocycles. The van der Waals surface area contributed by atoms with E-state index < -0.39 is 0 Å². The third kappa shape index (κ3) is 2.72. The number of hydrogen-bond donors (Lipinski definition) is 0. The van der Waals surface area contributed by atoms with Crippen LogP contribution in [0.1, 0.15) is 29.5 Å². The monoisotopic (exact) mass is 370 g/mol. The number of carbonyl (C=O) groups is 1. The fourth-order valence-electron chi connectivity index (χ4n) is 1.73. The first-order valence-corrected chi connectivity index (χ1v) is 7.23. The molecule has 0 atom stereocenters. The predicted octanol–water partition coefficient (Wildman–Crippen LogP) is 4.05. The molecular formula is C13H12Br2N2O. The molecule has 0 fully saturated rings. The predicted molar refractivity (Wildman–Crippen MR) is 77.8 cm³/mol. The van der Waals surface area contributed by atoms with E-state index in [9.17, 15) is 4.79 Å². The van der Waals surface area contributed by atoms with Crippen molar-refractivity contribution in [3.05, 3.63) is 50.9 Å². The zero-order valence-electron chi connectivity index (χ0n) is 9.86. The van der Waals surface area contributed by atoms with Crippen molar-refractivity contribution in [1.82, 2.24) is 9.55 Å². The van der Waals surface area contributed by atoms with Crippen LogP contribution < -0.4 is 0 Å². The quantitative estimate of drug-likeness (QED) is 0.760. The number of aryl methyl sites for hydroxylation is 1. The number of imidazole rings is 1. The Balaban J connectivity index is 2.41. The summed E-state index contributed by atoms with van der Waals surface area (Å²) in [5.74, 6) is 0.414. The van der Waals surface area contributed by atoms with Crippen LogP contribution in [0, 0.1) is 0 Å². The van der Waals surface area contributed by atoms with Gasteiger partial charge in [0.05, 0.1) is 0 Å². The largest absolute Gasteiger partial charge is 0.328 e. The van der Waals surface area contributed by atoms with Gasteiger partial charge in [0, 0.05) is 33.4 Å². The highest BCUT2D eigenvalue weighted by Crippen LogP contribution is 2.23. The van der Waals surface area contributed by atoms with Gasteiger partial charge in [-0.2, -0.15) is 0 Å². The lowest BCUT2D eigenvalue weighted by Crippen LogP contribution is -2.11. The van der Waals surface area contributed by atoms with Gasteiger partial charge in [-0.1, -0.05) is 38.8 Å². The van der Waals surface area contributed by atoms with E-state index in [0.29, 0.717) is 11.4 Å². The van der Waals surface area contributed by atoms with Gasteiger partial charge in [0.25, 0.3) is 0 Å². The van der Waals surface area contributed by atoms with Crippen LogP contribution in [0.3, 0.4) is 0 Å². The highest BCUT2D eigenvalue weighted by molar-refractivity contribution is 9.11. The second-order valence-corrected chi connectivity index (χ2v) is 5.67. The van der Waals surface area contributed by atoms with Crippen LogP contribution in [0.5, 0.6) is 0 Å². The average Bonchev–Trinajstić information content (AvgIpc) is 2.80. The van der Waals surface area contributed by atoms with Gasteiger partial charge < -0.3 is 4.57 Å². The zero-order chi connectivity index (χ0) is 13.1. The summed E-state index contributed by atoms with van der Waals surface area (Å²) in [6, 6.07) is 5.54. The highest BCUT2D eigenvalue weighted by atomic mass is 79.9. The maximum Gasteiger partial charge on any atom is 0.229 e. The molecule has 2 aromatic rings. The van der Waals surface area contributed by atoms with Gasteiger partial charge >= 0.3 is 0 Å². The van der Waals surface area contributed by atoms with E-state index in [0.717, 1.165) is 21.9 Å². The van der Waals surface area contributed by atoms with Crippen molar-refractivity contribution in [1.29, 1.82) is 0 Å². The summed E-state index contributed by atoms with van der Waals surface area (Å²) in [7, 11) is 0. The van der Waals surface area contributed by atoms with Crippen LogP contribution in [0.2, 0.25) is 0 Å². The maximum absolute atomic E-state index is 12.4.